The maximum Gasteiger partial charge on any atom is 0.354 e. The van der Waals surface area contributed by atoms with Crippen molar-refractivity contribution in [1.82, 2.24) is 4.98 Å². The molecule has 1 aromatic rings. The van der Waals surface area contributed by atoms with E-state index in [1.807, 2.05) is 6.92 Å². The first-order valence-corrected chi connectivity index (χ1v) is 5.12. The molecule has 14 heavy (non-hydrogen) atoms. The van der Waals surface area contributed by atoms with E-state index in [9.17, 15) is 4.79 Å². The van der Waals surface area contributed by atoms with Gasteiger partial charge >= 0.3 is 5.97 Å². The van der Waals surface area contributed by atoms with Gasteiger partial charge in [0.1, 0.15) is 5.69 Å². The summed E-state index contributed by atoms with van der Waals surface area (Å²) in [4.78, 5) is 15.1. The van der Waals surface area contributed by atoms with Crippen LogP contribution in [0.1, 0.15) is 17.4 Å². The van der Waals surface area contributed by atoms with Crippen molar-refractivity contribution < 1.29 is 14.6 Å². The molecule has 0 radical (unpaired) electrons. The van der Waals surface area contributed by atoms with E-state index in [0.717, 1.165) is 4.90 Å². The number of carboxylic acids is 1. The Morgan fingerprint density at radius 3 is 3.14 bits per heavy atom. The third-order valence-corrected chi connectivity index (χ3v) is 2.34. The second-order valence-electron chi connectivity index (χ2n) is 2.44. The van der Waals surface area contributed by atoms with Crippen LogP contribution in [0.3, 0.4) is 0 Å². The molecule has 1 aromatic heterocycles. The summed E-state index contributed by atoms with van der Waals surface area (Å²) in [6, 6.07) is 3.29. The Morgan fingerprint density at radius 1 is 1.71 bits per heavy atom. The van der Waals surface area contributed by atoms with E-state index in [2.05, 4.69) is 4.98 Å². The number of rotatable bonds is 5. The number of nitrogens with zero attached hydrogens (tertiary/aromatic N) is 1. The SMILES string of the molecule is CCOCSc1ccnc(C(=O)O)c1. The average molecular weight is 213 g/mol. The Hall–Kier alpha value is -1.07. The second-order valence-corrected chi connectivity index (χ2v) is 3.43. The minimum Gasteiger partial charge on any atom is -0.477 e. The van der Waals surface area contributed by atoms with Gasteiger partial charge in [-0.15, -0.1) is 0 Å². The molecule has 0 unspecified atom stereocenters. The van der Waals surface area contributed by atoms with Gasteiger partial charge in [-0.3, -0.25) is 0 Å². The highest BCUT2D eigenvalue weighted by Gasteiger charge is 2.04. The molecule has 0 bridgehead atoms. The van der Waals surface area contributed by atoms with Gasteiger partial charge in [0.25, 0.3) is 0 Å². The number of hydrogen-bond acceptors (Lipinski definition) is 4. The summed E-state index contributed by atoms with van der Waals surface area (Å²) in [5.74, 6) is -0.483. The monoisotopic (exact) mass is 213 g/mol. The number of hydrogen-bond donors (Lipinski definition) is 1. The quantitative estimate of drug-likeness (QED) is 0.459. The molecule has 0 amide bonds. The molecule has 0 aliphatic rings. The molecule has 0 spiro atoms. The fourth-order valence-electron chi connectivity index (χ4n) is 0.811. The molecule has 0 saturated heterocycles. The van der Waals surface area contributed by atoms with Gasteiger partial charge in [-0.25, -0.2) is 9.78 Å². The summed E-state index contributed by atoms with van der Waals surface area (Å²) in [7, 11) is 0. The molecule has 0 aliphatic carbocycles. The van der Waals surface area contributed by atoms with Crippen LogP contribution in [0.15, 0.2) is 23.2 Å². The second kappa shape index (κ2) is 5.62. The summed E-state index contributed by atoms with van der Waals surface area (Å²) in [5.41, 5.74) is 0.0616. The summed E-state index contributed by atoms with van der Waals surface area (Å²) < 4.78 is 5.13. The number of thioether (sulfide) groups is 1. The van der Waals surface area contributed by atoms with E-state index in [1.54, 1.807) is 6.07 Å². The summed E-state index contributed by atoms with van der Waals surface area (Å²) in [6.07, 6.45) is 1.48. The number of aromatic nitrogens is 1. The predicted octanol–water partition coefficient (Wildman–Crippen LogP) is 1.87. The summed E-state index contributed by atoms with van der Waals surface area (Å²) in [5, 5.41) is 8.68. The van der Waals surface area contributed by atoms with Crippen molar-refractivity contribution >= 4 is 17.7 Å². The minimum absolute atomic E-state index is 0.0616. The highest BCUT2D eigenvalue weighted by Crippen LogP contribution is 2.17. The van der Waals surface area contributed by atoms with Crippen molar-refractivity contribution in [1.29, 1.82) is 0 Å². The Labute approximate surface area is 86.3 Å². The normalized spacial score (nSPS) is 10.1. The number of carbonyl (C=O) groups is 1. The van der Waals surface area contributed by atoms with Crippen molar-refractivity contribution in [2.45, 2.75) is 11.8 Å². The number of pyridine rings is 1. The first-order valence-electron chi connectivity index (χ1n) is 4.14. The molecule has 0 aliphatic heterocycles. The maximum atomic E-state index is 10.6. The van der Waals surface area contributed by atoms with E-state index in [-0.39, 0.29) is 5.69 Å². The van der Waals surface area contributed by atoms with E-state index >= 15 is 0 Å². The molecule has 0 atom stereocenters. The van der Waals surface area contributed by atoms with Gasteiger partial charge in [0, 0.05) is 17.7 Å². The molecule has 1 heterocycles. The van der Waals surface area contributed by atoms with Crippen molar-refractivity contribution in [3.8, 4) is 0 Å². The van der Waals surface area contributed by atoms with Gasteiger partial charge in [-0.2, -0.15) is 0 Å². The van der Waals surface area contributed by atoms with E-state index in [1.165, 1.54) is 24.0 Å². The van der Waals surface area contributed by atoms with Gasteiger partial charge in [-0.05, 0) is 19.1 Å². The molecule has 5 heteroatoms. The third-order valence-electron chi connectivity index (χ3n) is 1.46. The van der Waals surface area contributed by atoms with Crippen molar-refractivity contribution in [2.24, 2.45) is 0 Å². The zero-order chi connectivity index (χ0) is 10.4. The van der Waals surface area contributed by atoms with Crippen molar-refractivity contribution in [3.63, 3.8) is 0 Å². The third kappa shape index (κ3) is 3.35. The Bertz CT molecular complexity index is 317. The molecule has 1 rings (SSSR count). The molecular formula is C9H11NO3S. The van der Waals surface area contributed by atoms with Crippen LogP contribution >= 0.6 is 11.8 Å². The molecule has 4 nitrogen and oxygen atoms in total. The topological polar surface area (TPSA) is 59.4 Å². The molecule has 0 saturated carbocycles. The van der Waals surface area contributed by atoms with Crippen LogP contribution in [-0.2, 0) is 4.74 Å². The van der Waals surface area contributed by atoms with E-state index in [0.29, 0.717) is 12.5 Å². The van der Waals surface area contributed by atoms with Crippen LogP contribution < -0.4 is 0 Å². The van der Waals surface area contributed by atoms with Crippen molar-refractivity contribution in [2.75, 3.05) is 12.5 Å². The summed E-state index contributed by atoms with van der Waals surface area (Å²) >= 11 is 1.45. The zero-order valence-electron chi connectivity index (χ0n) is 7.77. The number of aromatic carboxylic acids is 1. The fraction of sp³-hybridized carbons (Fsp3) is 0.333. The number of carboxylic acid groups (broad SMARTS) is 1. The van der Waals surface area contributed by atoms with Gasteiger partial charge in [0.05, 0.1) is 5.94 Å². The lowest BCUT2D eigenvalue weighted by Gasteiger charge is -2.01. The molecular weight excluding hydrogens is 202 g/mol. The standard InChI is InChI=1S/C9H11NO3S/c1-2-13-6-14-7-3-4-10-8(5-7)9(11)12/h3-5H,2,6H2,1H3,(H,11,12). The molecule has 0 fully saturated rings. The highest BCUT2D eigenvalue weighted by molar-refractivity contribution is 7.99. The largest absolute Gasteiger partial charge is 0.477 e. The van der Waals surface area contributed by atoms with Crippen LogP contribution in [0, 0.1) is 0 Å². The van der Waals surface area contributed by atoms with Gasteiger partial charge in [-0.1, -0.05) is 11.8 Å². The lowest BCUT2D eigenvalue weighted by Crippen LogP contribution is -1.99. The average Bonchev–Trinajstić information content (AvgIpc) is 2.19. The minimum atomic E-state index is -1.01. The van der Waals surface area contributed by atoms with Gasteiger partial charge in [0.2, 0.25) is 0 Å². The highest BCUT2D eigenvalue weighted by atomic mass is 32.2. The smallest absolute Gasteiger partial charge is 0.354 e. The first-order chi connectivity index (χ1) is 6.74. The van der Waals surface area contributed by atoms with E-state index in [4.69, 9.17) is 9.84 Å². The van der Waals surface area contributed by atoms with Crippen LogP contribution in [0.4, 0.5) is 0 Å². The maximum absolute atomic E-state index is 10.6. The van der Waals surface area contributed by atoms with Gasteiger partial charge in [0.15, 0.2) is 0 Å². The van der Waals surface area contributed by atoms with E-state index < -0.39 is 5.97 Å². The molecule has 0 aromatic carbocycles. The fourth-order valence-corrected chi connectivity index (χ4v) is 1.55. The lowest BCUT2D eigenvalue weighted by atomic mass is 10.4. The number of ether oxygens (including phenoxy) is 1. The predicted molar refractivity (Wildman–Crippen MR) is 53.5 cm³/mol. The van der Waals surface area contributed by atoms with Crippen LogP contribution in [0.2, 0.25) is 0 Å². The Balaban J connectivity index is 2.59. The van der Waals surface area contributed by atoms with Crippen LogP contribution in [0.5, 0.6) is 0 Å². The van der Waals surface area contributed by atoms with Crippen molar-refractivity contribution in [3.05, 3.63) is 24.0 Å². The zero-order valence-corrected chi connectivity index (χ0v) is 8.58. The Morgan fingerprint density at radius 2 is 2.50 bits per heavy atom. The molecule has 76 valence electrons. The first kappa shape index (κ1) is 11.0. The Kier molecular flexibility index (Phi) is 4.42. The lowest BCUT2D eigenvalue weighted by molar-refractivity contribution is 0.0690. The molecule has 1 N–H and O–H groups in total. The van der Waals surface area contributed by atoms with Gasteiger partial charge < -0.3 is 9.84 Å². The van der Waals surface area contributed by atoms with Crippen LogP contribution in [0.25, 0.3) is 0 Å². The summed E-state index contributed by atoms with van der Waals surface area (Å²) in [6.45, 7) is 2.57. The van der Waals surface area contributed by atoms with Crippen LogP contribution in [-0.4, -0.2) is 28.6 Å².